The maximum absolute atomic E-state index is 14.9. The molecule has 0 amide bonds. The molecule has 12 nitrogen and oxygen atoms in total. The number of hydrogen-bond acceptors (Lipinski definition) is 10. The van der Waals surface area contributed by atoms with Crippen molar-refractivity contribution in [3.63, 3.8) is 0 Å². The number of ether oxygens (including phenoxy) is 2. The van der Waals surface area contributed by atoms with Gasteiger partial charge in [-0.25, -0.2) is 32.4 Å². The lowest BCUT2D eigenvalue weighted by Crippen LogP contribution is -2.27. The van der Waals surface area contributed by atoms with Gasteiger partial charge in [0.05, 0.1) is 37.9 Å². The van der Waals surface area contributed by atoms with E-state index < -0.39 is 34.7 Å². The van der Waals surface area contributed by atoms with Crippen LogP contribution in [0.4, 0.5) is 29.2 Å². The van der Waals surface area contributed by atoms with Gasteiger partial charge in [0.2, 0.25) is 10.0 Å². The molecule has 3 aromatic heterocycles. The zero-order valence-electron chi connectivity index (χ0n) is 23.4. The van der Waals surface area contributed by atoms with E-state index in [1.165, 1.54) is 30.3 Å². The maximum Gasteiger partial charge on any atom is 0.393 e. The van der Waals surface area contributed by atoms with E-state index in [0.717, 1.165) is 42.6 Å². The van der Waals surface area contributed by atoms with Crippen LogP contribution in [0.5, 0.6) is 5.75 Å². The summed E-state index contributed by atoms with van der Waals surface area (Å²) in [5, 5.41) is 7.91. The van der Waals surface area contributed by atoms with Crippen LogP contribution in [0.3, 0.4) is 0 Å². The van der Waals surface area contributed by atoms with E-state index in [2.05, 4.69) is 30.4 Å². The van der Waals surface area contributed by atoms with Crippen LogP contribution in [0.2, 0.25) is 0 Å². The standard InChI is InChI=1S/C26H28F4N8O4S/c1-37(43(3,39)40)25-19(31-7-8-32-25)14-33-22-17-13-34-38(21-6-4-5-9-42-21)24(17)36-23(35-22)16-11-18(27)20(41-2)10-15(16)12-26(28,29)30/h7-8,10-11,13,21H,4-6,9,12,14H2,1-3H3,(H,33,35,36). The van der Waals surface area contributed by atoms with Gasteiger partial charge in [-0.2, -0.15) is 18.3 Å². The number of hydrogen-bond donors (Lipinski definition) is 1. The summed E-state index contributed by atoms with van der Waals surface area (Å²) in [6, 6.07) is 1.89. The molecule has 1 saturated heterocycles. The molecule has 1 aliphatic rings. The molecule has 0 bridgehead atoms. The van der Waals surface area contributed by atoms with Gasteiger partial charge in [-0.1, -0.05) is 0 Å². The van der Waals surface area contributed by atoms with Gasteiger partial charge in [0.1, 0.15) is 11.5 Å². The second-order valence-electron chi connectivity index (χ2n) is 9.89. The fourth-order valence-corrected chi connectivity index (χ4v) is 5.17. The number of nitrogens with zero attached hydrogens (tertiary/aromatic N) is 7. The fraction of sp³-hybridized carbons (Fsp3) is 0.423. The topological polar surface area (TPSA) is 137 Å². The third-order valence-corrected chi connectivity index (χ3v) is 8.03. The van der Waals surface area contributed by atoms with E-state index in [1.54, 1.807) is 0 Å². The van der Waals surface area contributed by atoms with Gasteiger partial charge in [-0.05, 0) is 37.0 Å². The van der Waals surface area contributed by atoms with Crippen LogP contribution < -0.4 is 14.4 Å². The van der Waals surface area contributed by atoms with Gasteiger partial charge >= 0.3 is 6.18 Å². The highest BCUT2D eigenvalue weighted by atomic mass is 32.2. The molecular weight excluding hydrogens is 596 g/mol. The van der Waals surface area contributed by atoms with Gasteiger partial charge in [0.25, 0.3) is 0 Å². The first-order valence-electron chi connectivity index (χ1n) is 13.1. The second kappa shape index (κ2) is 11.9. The van der Waals surface area contributed by atoms with Gasteiger partial charge in [-0.3, -0.25) is 9.29 Å². The molecule has 4 heterocycles. The SMILES string of the molecule is COc1cc(CC(F)(F)F)c(-c2nc(NCc3nccnc3N(C)S(C)(=O)=O)c3cnn(C4CCCCO4)c3n2)cc1F. The van der Waals surface area contributed by atoms with Gasteiger partial charge in [0.15, 0.2) is 35.1 Å². The quantitative estimate of drug-likeness (QED) is 0.269. The maximum atomic E-state index is 14.9. The minimum Gasteiger partial charge on any atom is -0.494 e. The van der Waals surface area contributed by atoms with Crippen LogP contribution >= 0.6 is 0 Å². The summed E-state index contributed by atoms with van der Waals surface area (Å²) in [5.74, 6) is -1.22. The van der Waals surface area contributed by atoms with Gasteiger partial charge < -0.3 is 14.8 Å². The van der Waals surface area contributed by atoms with Crippen LogP contribution in [0.1, 0.15) is 36.7 Å². The van der Waals surface area contributed by atoms with Gasteiger partial charge in [0, 0.05) is 31.6 Å². The number of aromatic nitrogens is 6. The number of sulfonamides is 1. The van der Waals surface area contributed by atoms with Crippen molar-refractivity contribution in [2.24, 2.45) is 0 Å². The molecule has 43 heavy (non-hydrogen) atoms. The van der Waals surface area contributed by atoms with Crippen LogP contribution in [0.15, 0.2) is 30.7 Å². The second-order valence-corrected chi connectivity index (χ2v) is 11.9. The molecule has 1 aromatic carbocycles. The van der Waals surface area contributed by atoms with E-state index in [9.17, 15) is 26.0 Å². The third-order valence-electron chi connectivity index (χ3n) is 6.86. The summed E-state index contributed by atoms with van der Waals surface area (Å²) >= 11 is 0. The smallest absolute Gasteiger partial charge is 0.393 e. The molecule has 1 atom stereocenters. The van der Waals surface area contributed by atoms with E-state index in [4.69, 9.17) is 9.47 Å². The molecule has 0 spiro atoms. The normalized spacial score (nSPS) is 15.9. The Kier molecular flexibility index (Phi) is 8.38. The highest BCUT2D eigenvalue weighted by Crippen LogP contribution is 2.36. The molecule has 1 unspecified atom stereocenters. The Balaban J connectivity index is 1.64. The Morgan fingerprint density at radius 1 is 1.19 bits per heavy atom. The number of benzene rings is 1. The lowest BCUT2D eigenvalue weighted by Gasteiger charge is -2.23. The Morgan fingerprint density at radius 3 is 2.63 bits per heavy atom. The zero-order valence-corrected chi connectivity index (χ0v) is 24.2. The summed E-state index contributed by atoms with van der Waals surface area (Å²) in [5.41, 5.74) is 0.0260. The first kappa shape index (κ1) is 30.3. The number of alkyl halides is 3. The molecule has 1 fully saturated rings. The van der Waals surface area contributed by atoms with Gasteiger partial charge in [-0.15, -0.1) is 0 Å². The van der Waals surface area contributed by atoms with Crippen molar-refractivity contribution >= 4 is 32.7 Å². The number of anilines is 2. The van der Waals surface area contributed by atoms with Crippen molar-refractivity contribution in [1.29, 1.82) is 0 Å². The average molecular weight is 625 g/mol. The number of methoxy groups -OCH3 is 1. The first-order chi connectivity index (χ1) is 20.4. The first-order valence-corrected chi connectivity index (χ1v) is 15.0. The molecule has 4 aromatic rings. The largest absolute Gasteiger partial charge is 0.494 e. The van der Waals surface area contributed by atoms with Crippen molar-refractivity contribution in [2.75, 3.05) is 36.6 Å². The van der Waals surface area contributed by atoms with Crippen molar-refractivity contribution < 1.29 is 35.5 Å². The van der Waals surface area contributed by atoms with Crippen LogP contribution in [-0.2, 0) is 27.7 Å². The predicted octanol–water partition coefficient (Wildman–Crippen LogP) is 4.24. The molecular formula is C26H28F4N8O4S. The van der Waals surface area contributed by atoms with Crippen molar-refractivity contribution in [1.82, 2.24) is 29.7 Å². The number of halogens is 4. The highest BCUT2D eigenvalue weighted by molar-refractivity contribution is 7.92. The Hall–Kier alpha value is -4.12. The van der Waals surface area contributed by atoms with E-state index in [-0.39, 0.29) is 52.2 Å². The van der Waals surface area contributed by atoms with E-state index in [0.29, 0.717) is 18.4 Å². The van der Waals surface area contributed by atoms with Crippen LogP contribution in [0, 0.1) is 5.82 Å². The van der Waals surface area contributed by atoms with E-state index >= 15 is 0 Å². The molecule has 0 saturated carbocycles. The Labute approximate surface area is 244 Å². The zero-order chi connectivity index (χ0) is 30.9. The molecule has 17 heteroatoms. The van der Waals surface area contributed by atoms with Crippen LogP contribution in [0.25, 0.3) is 22.4 Å². The summed E-state index contributed by atoms with van der Waals surface area (Å²) in [7, 11) is -1.18. The minimum atomic E-state index is -4.62. The fourth-order valence-electron chi connectivity index (χ4n) is 4.70. The number of fused-ring (bicyclic) bond motifs is 1. The van der Waals surface area contributed by atoms with Crippen molar-refractivity contribution in [2.45, 2.75) is 44.6 Å². The van der Waals surface area contributed by atoms with Crippen molar-refractivity contribution in [3.8, 4) is 17.1 Å². The third kappa shape index (κ3) is 6.61. The molecule has 1 aliphatic heterocycles. The van der Waals surface area contributed by atoms with E-state index in [1.807, 2.05) is 0 Å². The predicted molar refractivity (Wildman–Crippen MR) is 148 cm³/mol. The monoisotopic (exact) mass is 624 g/mol. The lowest BCUT2D eigenvalue weighted by atomic mass is 10.0. The number of nitrogens with one attached hydrogen (secondary N) is 1. The average Bonchev–Trinajstić information content (AvgIpc) is 3.40. The highest BCUT2D eigenvalue weighted by Gasteiger charge is 2.31. The summed E-state index contributed by atoms with van der Waals surface area (Å²) in [4.78, 5) is 17.4. The summed E-state index contributed by atoms with van der Waals surface area (Å²) in [6.45, 7) is 0.421. The molecule has 0 aliphatic carbocycles. The molecule has 230 valence electrons. The number of rotatable bonds is 9. The molecule has 5 rings (SSSR count). The molecule has 0 radical (unpaired) electrons. The summed E-state index contributed by atoms with van der Waals surface area (Å²) < 4.78 is 93.2. The lowest BCUT2D eigenvalue weighted by molar-refractivity contribution is -0.127. The Bertz CT molecular complexity index is 1740. The Morgan fingerprint density at radius 2 is 1.95 bits per heavy atom. The van der Waals surface area contributed by atoms with Crippen molar-refractivity contribution in [3.05, 3.63) is 47.8 Å². The summed E-state index contributed by atoms with van der Waals surface area (Å²) in [6.07, 6.45) is 1.15. The molecule has 1 N–H and O–H groups in total. The minimum absolute atomic E-state index is 0.0685. The van der Waals surface area contributed by atoms with Crippen LogP contribution in [-0.4, -0.2) is 71.3 Å².